The van der Waals surface area contributed by atoms with Crippen LogP contribution in [0.5, 0.6) is 0 Å². The van der Waals surface area contributed by atoms with E-state index in [2.05, 4.69) is 17.0 Å². The highest BCUT2D eigenvalue weighted by Gasteiger charge is 2.37. The third-order valence-electron chi connectivity index (χ3n) is 6.19. The van der Waals surface area contributed by atoms with Gasteiger partial charge >= 0.3 is 0 Å². The zero-order valence-electron chi connectivity index (χ0n) is 17.2. The number of benzene rings is 2. The second-order valence-corrected chi connectivity index (χ2v) is 8.46. The number of halogens is 1. The minimum atomic E-state index is -0.0402. The molecule has 2 aromatic rings. The molecule has 0 N–H and O–H groups in total. The average molecular weight is 426 g/mol. The first-order chi connectivity index (χ1) is 14.6. The van der Waals surface area contributed by atoms with Gasteiger partial charge in [-0.2, -0.15) is 0 Å². The largest absolute Gasteiger partial charge is 0.341 e. The van der Waals surface area contributed by atoms with Crippen LogP contribution >= 0.6 is 11.6 Å². The predicted molar refractivity (Wildman–Crippen MR) is 118 cm³/mol. The first-order valence-electron chi connectivity index (χ1n) is 10.7. The molecule has 2 amide bonds. The van der Waals surface area contributed by atoms with E-state index in [9.17, 15) is 9.59 Å². The Labute approximate surface area is 183 Å². The van der Waals surface area contributed by atoms with Crippen molar-refractivity contribution in [2.75, 3.05) is 39.3 Å². The van der Waals surface area contributed by atoms with Gasteiger partial charge in [0.2, 0.25) is 11.8 Å². The lowest BCUT2D eigenvalue weighted by molar-refractivity contribution is -0.135. The van der Waals surface area contributed by atoms with Gasteiger partial charge in [0.05, 0.1) is 12.5 Å². The Bertz CT molecular complexity index is 881. The van der Waals surface area contributed by atoms with Crippen molar-refractivity contribution in [3.63, 3.8) is 0 Å². The van der Waals surface area contributed by atoms with E-state index in [1.165, 1.54) is 5.56 Å². The Hall–Kier alpha value is -2.37. The molecular weight excluding hydrogens is 398 g/mol. The molecule has 2 fully saturated rings. The van der Waals surface area contributed by atoms with Crippen molar-refractivity contribution in [2.45, 2.75) is 25.3 Å². The number of likely N-dealkylation sites (tertiary alicyclic amines) is 1. The fraction of sp³-hybridized carbons (Fsp3) is 0.417. The van der Waals surface area contributed by atoms with E-state index in [1.807, 2.05) is 52.3 Å². The number of hydrogen-bond acceptors (Lipinski definition) is 3. The van der Waals surface area contributed by atoms with E-state index in [0.29, 0.717) is 24.5 Å². The Balaban J connectivity index is 1.25. The molecule has 2 heterocycles. The van der Waals surface area contributed by atoms with Crippen LogP contribution < -0.4 is 0 Å². The molecule has 30 heavy (non-hydrogen) atoms. The van der Waals surface area contributed by atoms with Crippen LogP contribution in [-0.4, -0.2) is 71.8 Å². The van der Waals surface area contributed by atoms with Gasteiger partial charge in [0.1, 0.15) is 0 Å². The third kappa shape index (κ3) is 4.85. The van der Waals surface area contributed by atoms with Gasteiger partial charge in [-0.25, -0.2) is 0 Å². The first-order valence-corrected chi connectivity index (χ1v) is 11.1. The highest BCUT2D eigenvalue weighted by Crippen LogP contribution is 2.21. The van der Waals surface area contributed by atoms with Crippen LogP contribution in [0.4, 0.5) is 0 Å². The summed E-state index contributed by atoms with van der Waals surface area (Å²) in [5.41, 5.74) is 2.13. The predicted octanol–water partition coefficient (Wildman–Crippen LogP) is 2.87. The Morgan fingerprint density at radius 3 is 2.37 bits per heavy atom. The van der Waals surface area contributed by atoms with Gasteiger partial charge in [-0.05, 0) is 30.0 Å². The molecule has 0 bridgehead atoms. The highest BCUT2D eigenvalue weighted by molar-refractivity contribution is 6.31. The number of hydrogen-bond donors (Lipinski definition) is 0. The van der Waals surface area contributed by atoms with Crippen molar-refractivity contribution in [3.05, 3.63) is 70.7 Å². The lowest BCUT2D eigenvalue weighted by Gasteiger charge is -2.37. The molecule has 4 rings (SSSR count). The summed E-state index contributed by atoms with van der Waals surface area (Å²) in [5, 5.41) is 0.636. The zero-order chi connectivity index (χ0) is 20.9. The summed E-state index contributed by atoms with van der Waals surface area (Å²) in [7, 11) is 0. The van der Waals surface area contributed by atoms with Crippen molar-refractivity contribution in [1.82, 2.24) is 14.7 Å². The molecule has 2 aliphatic rings. The summed E-state index contributed by atoms with van der Waals surface area (Å²) in [6.45, 7) is 4.42. The maximum absolute atomic E-state index is 12.9. The van der Waals surface area contributed by atoms with Crippen LogP contribution in [0, 0.1) is 0 Å². The van der Waals surface area contributed by atoms with E-state index in [1.54, 1.807) is 0 Å². The number of piperazine rings is 1. The maximum Gasteiger partial charge on any atom is 0.240 e. The van der Waals surface area contributed by atoms with Crippen LogP contribution in [0.2, 0.25) is 5.02 Å². The van der Waals surface area contributed by atoms with E-state index in [0.717, 1.165) is 44.6 Å². The highest BCUT2D eigenvalue weighted by atomic mass is 35.5. The molecule has 6 heteroatoms. The summed E-state index contributed by atoms with van der Waals surface area (Å²) >= 11 is 6.19. The molecule has 0 aliphatic carbocycles. The Kier molecular flexibility index (Phi) is 6.70. The van der Waals surface area contributed by atoms with Crippen LogP contribution in [-0.2, 0) is 22.4 Å². The van der Waals surface area contributed by atoms with Crippen LogP contribution in [0.15, 0.2) is 54.6 Å². The van der Waals surface area contributed by atoms with E-state index < -0.39 is 0 Å². The zero-order valence-corrected chi connectivity index (χ0v) is 17.9. The fourth-order valence-corrected chi connectivity index (χ4v) is 4.59. The molecule has 5 nitrogen and oxygen atoms in total. The normalized spacial score (nSPS) is 20.0. The summed E-state index contributed by atoms with van der Waals surface area (Å²) < 4.78 is 0. The first kappa shape index (κ1) is 20.9. The molecule has 0 saturated carbocycles. The summed E-state index contributed by atoms with van der Waals surface area (Å²) in [5.74, 6) is 0.340. The summed E-state index contributed by atoms with van der Waals surface area (Å²) in [6.07, 6.45) is 2.10. The SMILES string of the molecule is O=C(Cc1ccccc1Cl)N1CCN(C2CCN(CCc3ccccc3)C2=O)CC1. The Morgan fingerprint density at radius 2 is 1.63 bits per heavy atom. The van der Waals surface area contributed by atoms with Gasteiger partial charge in [0.15, 0.2) is 0 Å². The second kappa shape index (κ2) is 9.63. The minimum absolute atomic E-state index is 0.0402. The van der Waals surface area contributed by atoms with Crippen LogP contribution in [0.3, 0.4) is 0 Å². The molecule has 0 spiro atoms. The molecule has 0 radical (unpaired) electrons. The average Bonchev–Trinajstić information content (AvgIpc) is 3.15. The second-order valence-electron chi connectivity index (χ2n) is 8.05. The molecule has 158 valence electrons. The van der Waals surface area contributed by atoms with E-state index >= 15 is 0 Å². The van der Waals surface area contributed by atoms with Gasteiger partial charge < -0.3 is 9.80 Å². The van der Waals surface area contributed by atoms with Crippen molar-refractivity contribution in [2.24, 2.45) is 0 Å². The van der Waals surface area contributed by atoms with Crippen molar-refractivity contribution in [1.29, 1.82) is 0 Å². The molecule has 2 aliphatic heterocycles. The molecular formula is C24H28ClN3O2. The van der Waals surface area contributed by atoms with Gasteiger partial charge in [-0.3, -0.25) is 14.5 Å². The number of carbonyl (C=O) groups excluding carboxylic acids is 2. The van der Waals surface area contributed by atoms with Crippen molar-refractivity contribution >= 4 is 23.4 Å². The number of carbonyl (C=O) groups is 2. The Morgan fingerprint density at radius 1 is 0.933 bits per heavy atom. The third-order valence-corrected chi connectivity index (χ3v) is 6.56. The number of amides is 2. The van der Waals surface area contributed by atoms with Crippen LogP contribution in [0.1, 0.15) is 17.5 Å². The van der Waals surface area contributed by atoms with Crippen molar-refractivity contribution in [3.8, 4) is 0 Å². The number of nitrogens with zero attached hydrogens (tertiary/aromatic N) is 3. The topological polar surface area (TPSA) is 43.9 Å². The van der Waals surface area contributed by atoms with E-state index in [4.69, 9.17) is 11.6 Å². The molecule has 1 unspecified atom stereocenters. The van der Waals surface area contributed by atoms with Gasteiger partial charge in [0.25, 0.3) is 0 Å². The lowest BCUT2D eigenvalue weighted by Crippen LogP contribution is -2.54. The number of rotatable bonds is 6. The molecule has 2 saturated heterocycles. The van der Waals surface area contributed by atoms with Gasteiger partial charge in [-0.15, -0.1) is 0 Å². The smallest absolute Gasteiger partial charge is 0.240 e. The van der Waals surface area contributed by atoms with E-state index in [-0.39, 0.29) is 17.9 Å². The van der Waals surface area contributed by atoms with Crippen molar-refractivity contribution < 1.29 is 9.59 Å². The minimum Gasteiger partial charge on any atom is -0.341 e. The summed E-state index contributed by atoms with van der Waals surface area (Å²) in [6, 6.07) is 17.8. The summed E-state index contributed by atoms with van der Waals surface area (Å²) in [4.78, 5) is 31.7. The molecule has 2 aromatic carbocycles. The van der Waals surface area contributed by atoms with Gasteiger partial charge in [0, 0.05) is 44.3 Å². The monoisotopic (exact) mass is 425 g/mol. The quantitative estimate of drug-likeness (QED) is 0.714. The standard InChI is InChI=1S/C24H28ClN3O2/c25-21-9-5-4-8-20(21)18-23(29)27-16-14-26(15-17-27)22-11-13-28(24(22)30)12-10-19-6-2-1-3-7-19/h1-9,22H,10-18H2. The van der Waals surface area contributed by atoms with Gasteiger partial charge in [-0.1, -0.05) is 60.1 Å². The van der Waals surface area contributed by atoms with Crippen LogP contribution in [0.25, 0.3) is 0 Å². The molecule has 0 aromatic heterocycles. The lowest BCUT2D eigenvalue weighted by atomic mass is 10.1. The maximum atomic E-state index is 12.9. The molecule has 1 atom stereocenters. The fourth-order valence-electron chi connectivity index (χ4n) is 4.39.